The van der Waals surface area contributed by atoms with Gasteiger partial charge in [-0.25, -0.2) is 9.37 Å². The number of imidazole rings is 1. The van der Waals surface area contributed by atoms with Crippen LogP contribution in [0.2, 0.25) is 0 Å². The molecule has 0 unspecified atom stereocenters. The molecule has 1 aromatic carbocycles. The first kappa shape index (κ1) is 12.3. The normalized spacial score (nSPS) is 10.7. The standard InChI is InChI=1S/C13H12FN5O/c1-2-15-13-18-11-10(16-7-17-11)12(19-13)20-9-6-4-3-5-8(9)14/h3-7H,2H2,1H3,(H2,15,16,17,18,19). The zero-order valence-electron chi connectivity index (χ0n) is 10.7. The van der Waals surface area contributed by atoms with Gasteiger partial charge in [0.05, 0.1) is 6.33 Å². The number of para-hydroxylation sites is 1. The molecule has 2 aromatic heterocycles. The summed E-state index contributed by atoms with van der Waals surface area (Å²) in [6.07, 6.45) is 1.49. The van der Waals surface area contributed by atoms with Gasteiger partial charge in [-0.2, -0.15) is 9.97 Å². The average molecular weight is 273 g/mol. The zero-order chi connectivity index (χ0) is 13.9. The van der Waals surface area contributed by atoms with Crippen LogP contribution in [0.1, 0.15) is 6.92 Å². The van der Waals surface area contributed by atoms with E-state index in [-0.39, 0.29) is 11.6 Å². The third-order valence-corrected chi connectivity index (χ3v) is 2.63. The lowest BCUT2D eigenvalue weighted by atomic mass is 10.3. The minimum Gasteiger partial charge on any atom is -0.434 e. The molecule has 0 spiro atoms. The smallest absolute Gasteiger partial charge is 0.250 e. The van der Waals surface area contributed by atoms with Gasteiger partial charge in [0.15, 0.2) is 17.2 Å². The van der Waals surface area contributed by atoms with E-state index < -0.39 is 5.82 Å². The van der Waals surface area contributed by atoms with E-state index in [9.17, 15) is 4.39 Å². The molecule has 0 aliphatic carbocycles. The fraction of sp³-hybridized carbons (Fsp3) is 0.154. The van der Waals surface area contributed by atoms with Gasteiger partial charge < -0.3 is 15.0 Å². The molecule has 0 aliphatic rings. The quantitative estimate of drug-likeness (QED) is 0.764. The van der Waals surface area contributed by atoms with Crippen LogP contribution in [-0.4, -0.2) is 26.5 Å². The van der Waals surface area contributed by atoms with E-state index in [1.807, 2.05) is 6.92 Å². The maximum absolute atomic E-state index is 13.6. The SMILES string of the molecule is CCNc1nc(Oc2ccccc2F)c2[nH]cnc2n1. The molecule has 0 fully saturated rings. The van der Waals surface area contributed by atoms with Crippen LogP contribution in [0.3, 0.4) is 0 Å². The Kier molecular flexibility index (Phi) is 3.16. The van der Waals surface area contributed by atoms with E-state index in [4.69, 9.17) is 4.74 Å². The largest absolute Gasteiger partial charge is 0.434 e. The van der Waals surface area contributed by atoms with Gasteiger partial charge in [-0.1, -0.05) is 12.1 Å². The summed E-state index contributed by atoms with van der Waals surface area (Å²) in [4.78, 5) is 15.4. The average Bonchev–Trinajstić information content (AvgIpc) is 2.90. The Balaban J connectivity index is 2.05. The van der Waals surface area contributed by atoms with E-state index in [1.165, 1.54) is 18.5 Å². The van der Waals surface area contributed by atoms with Gasteiger partial charge in [-0.3, -0.25) is 0 Å². The number of nitrogens with zero attached hydrogens (tertiary/aromatic N) is 3. The molecule has 102 valence electrons. The lowest BCUT2D eigenvalue weighted by Crippen LogP contribution is -2.03. The topological polar surface area (TPSA) is 75.7 Å². The summed E-state index contributed by atoms with van der Waals surface area (Å²) >= 11 is 0. The van der Waals surface area contributed by atoms with Gasteiger partial charge in [-0.15, -0.1) is 0 Å². The summed E-state index contributed by atoms with van der Waals surface area (Å²) in [7, 11) is 0. The molecule has 0 saturated carbocycles. The molecule has 3 rings (SSSR count). The highest BCUT2D eigenvalue weighted by molar-refractivity contribution is 5.77. The molecule has 0 amide bonds. The summed E-state index contributed by atoms with van der Waals surface area (Å²) in [5.41, 5.74) is 0.984. The number of rotatable bonds is 4. The fourth-order valence-corrected chi connectivity index (χ4v) is 1.75. The van der Waals surface area contributed by atoms with E-state index in [0.29, 0.717) is 23.7 Å². The van der Waals surface area contributed by atoms with Crippen LogP contribution in [0.4, 0.5) is 10.3 Å². The second-order valence-corrected chi connectivity index (χ2v) is 4.02. The van der Waals surface area contributed by atoms with E-state index in [2.05, 4.69) is 25.3 Å². The van der Waals surface area contributed by atoms with E-state index in [0.717, 1.165) is 0 Å². The van der Waals surface area contributed by atoms with E-state index >= 15 is 0 Å². The number of aromatic amines is 1. The predicted octanol–water partition coefficient (Wildman–Crippen LogP) is 2.72. The number of hydrogen-bond donors (Lipinski definition) is 2. The molecule has 0 radical (unpaired) electrons. The molecule has 20 heavy (non-hydrogen) atoms. The van der Waals surface area contributed by atoms with Crippen molar-refractivity contribution in [1.82, 2.24) is 19.9 Å². The van der Waals surface area contributed by atoms with Gasteiger partial charge >= 0.3 is 0 Å². The van der Waals surface area contributed by atoms with Crippen molar-refractivity contribution in [2.75, 3.05) is 11.9 Å². The highest BCUT2D eigenvalue weighted by Gasteiger charge is 2.13. The molecule has 2 N–H and O–H groups in total. The second-order valence-electron chi connectivity index (χ2n) is 4.02. The molecular weight excluding hydrogens is 261 g/mol. The Morgan fingerprint density at radius 2 is 2.15 bits per heavy atom. The van der Waals surface area contributed by atoms with E-state index in [1.54, 1.807) is 12.1 Å². The summed E-state index contributed by atoms with van der Waals surface area (Å²) in [5, 5.41) is 2.98. The van der Waals surface area contributed by atoms with Crippen molar-refractivity contribution in [3.05, 3.63) is 36.4 Å². The lowest BCUT2D eigenvalue weighted by Gasteiger charge is -2.08. The third kappa shape index (κ3) is 2.25. The number of halogens is 1. The maximum Gasteiger partial charge on any atom is 0.250 e. The molecule has 0 bridgehead atoms. The first-order valence-corrected chi connectivity index (χ1v) is 6.15. The third-order valence-electron chi connectivity index (χ3n) is 2.63. The number of aromatic nitrogens is 4. The van der Waals surface area contributed by atoms with Crippen LogP contribution in [-0.2, 0) is 0 Å². The summed E-state index contributed by atoms with van der Waals surface area (Å²) in [6.45, 7) is 2.59. The molecule has 3 aromatic rings. The predicted molar refractivity (Wildman–Crippen MR) is 72.3 cm³/mol. The van der Waals surface area contributed by atoms with Gasteiger partial charge in [0.1, 0.15) is 5.52 Å². The Morgan fingerprint density at radius 3 is 2.95 bits per heavy atom. The number of nitrogens with one attached hydrogen (secondary N) is 2. The number of ether oxygens (including phenoxy) is 1. The Labute approximate surface area is 114 Å². The van der Waals surface area contributed by atoms with Crippen LogP contribution in [0, 0.1) is 5.82 Å². The van der Waals surface area contributed by atoms with Crippen molar-refractivity contribution >= 4 is 17.1 Å². The number of fused-ring (bicyclic) bond motifs is 1. The van der Waals surface area contributed by atoms with Crippen molar-refractivity contribution in [1.29, 1.82) is 0 Å². The summed E-state index contributed by atoms with van der Waals surface area (Å²) in [5.74, 6) is 0.264. The van der Waals surface area contributed by atoms with Gasteiger partial charge in [-0.05, 0) is 19.1 Å². The highest BCUT2D eigenvalue weighted by atomic mass is 19.1. The minimum atomic E-state index is -0.455. The highest BCUT2D eigenvalue weighted by Crippen LogP contribution is 2.27. The Morgan fingerprint density at radius 1 is 1.30 bits per heavy atom. The van der Waals surface area contributed by atoms with Crippen LogP contribution >= 0.6 is 0 Å². The first-order chi connectivity index (χ1) is 9.78. The fourth-order valence-electron chi connectivity index (χ4n) is 1.75. The summed E-state index contributed by atoms with van der Waals surface area (Å²) in [6, 6.07) is 6.14. The van der Waals surface area contributed by atoms with Crippen LogP contribution in [0.15, 0.2) is 30.6 Å². The van der Waals surface area contributed by atoms with Crippen molar-refractivity contribution in [3.8, 4) is 11.6 Å². The molecule has 7 heteroatoms. The van der Waals surface area contributed by atoms with Crippen LogP contribution < -0.4 is 10.1 Å². The van der Waals surface area contributed by atoms with Gasteiger partial charge in [0, 0.05) is 6.54 Å². The number of benzene rings is 1. The lowest BCUT2D eigenvalue weighted by molar-refractivity contribution is 0.431. The zero-order valence-corrected chi connectivity index (χ0v) is 10.7. The second kappa shape index (κ2) is 5.12. The molecular formula is C13H12FN5O. The molecule has 2 heterocycles. The van der Waals surface area contributed by atoms with Gasteiger partial charge in [0.2, 0.25) is 5.95 Å². The molecule has 0 atom stereocenters. The molecule has 0 saturated heterocycles. The van der Waals surface area contributed by atoms with Crippen molar-refractivity contribution in [2.45, 2.75) is 6.92 Å². The summed E-state index contributed by atoms with van der Waals surface area (Å²) < 4.78 is 19.2. The van der Waals surface area contributed by atoms with Crippen molar-refractivity contribution < 1.29 is 9.13 Å². The maximum atomic E-state index is 13.6. The minimum absolute atomic E-state index is 0.101. The number of H-pyrrole nitrogens is 1. The molecule has 6 nitrogen and oxygen atoms in total. The first-order valence-electron chi connectivity index (χ1n) is 6.15. The van der Waals surface area contributed by atoms with Crippen molar-refractivity contribution in [3.63, 3.8) is 0 Å². The number of hydrogen-bond acceptors (Lipinski definition) is 5. The number of anilines is 1. The van der Waals surface area contributed by atoms with Crippen molar-refractivity contribution in [2.24, 2.45) is 0 Å². The Hall–Kier alpha value is -2.70. The van der Waals surface area contributed by atoms with Crippen LogP contribution in [0.5, 0.6) is 11.6 Å². The monoisotopic (exact) mass is 273 g/mol. The Bertz CT molecular complexity index is 742. The molecule has 0 aliphatic heterocycles. The van der Waals surface area contributed by atoms with Crippen LogP contribution in [0.25, 0.3) is 11.2 Å². The van der Waals surface area contributed by atoms with Gasteiger partial charge in [0.25, 0.3) is 5.88 Å².